The van der Waals surface area contributed by atoms with Crippen molar-refractivity contribution in [3.63, 3.8) is 0 Å². The summed E-state index contributed by atoms with van der Waals surface area (Å²) in [5.74, 6) is -0.827. The van der Waals surface area contributed by atoms with Gasteiger partial charge < -0.3 is 15.7 Å². The zero-order chi connectivity index (χ0) is 14.3. The van der Waals surface area contributed by atoms with Crippen molar-refractivity contribution in [2.75, 3.05) is 11.9 Å². The predicted molar refractivity (Wildman–Crippen MR) is 77.7 cm³/mol. The van der Waals surface area contributed by atoms with Crippen molar-refractivity contribution in [1.29, 1.82) is 0 Å². The molecular weight excluding hydrogens is 336 g/mol. The van der Waals surface area contributed by atoms with E-state index in [1.54, 1.807) is 18.2 Å². The lowest BCUT2D eigenvalue weighted by molar-refractivity contribution is -0.137. The number of carboxylic acids is 1. The van der Waals surface area contributed by atoms with Crippen LogP contribution < -0.4 is 10.6 Å². The summed E-state index contributed by atoms with van der Waals surface area (Å²) in [4.78, 5) is 21.9. The Morgan fingerprint density at radius 1 is 1.32 bits per heavy atom. The van der Waals surface area contributed by atoms with E-state index in [0.717, 1.165) is 0 Å². The van der Waals surface area contributed by atoms with Crippen LogP contribution in [0.15, 0.2) is 22.7 Å². The maximum Gasteiger partial charge on any atom is 0.319 e. The molecule has 1 rings (SSSR count). The zero-order valence-electron chi connectivity index (χ0n) is 10.1. The molecule has 0 saturated heterocycles. The molecule has 0 fully saturated rings. The van der Waals surface area contributed by atoms with Gasteiger partial charge in [0, 0.05) is 13.0 Å². The summed E-state index contributed by atoms with van der Waals surface area (Å²) in [6.45, 7) is 0.428. The standard InChI is InChI=1S/C12H14BrClN2O3/c13-11-8(14)4-3-5-9(11)16-12(19)15-7-2-1-6-10(17)18/h3-5H,1-2,6-7H2,(H,17,18)(H2,15,16,19). The zero-order valence-corrected chi connectivity index (χ0v) is 12.4. The molecule has 5 nitrogen and oxygen atoms in total. The summed E-state index contributed by atoms with van der Waals surface area (Å²) in [6, 6.07) is 4.81. The number of nitrogens with one attached hydrogen (secondary N) is 2. The third-order valence-corrected chi connectivity index (χ3v) is 3.70. The molecule has 7 heteroatoms. The SMILES string of the molecule is O=C(O)CCCCNC(=O)Nc1cccc(Cl)c1Br. The second-order valence-electron chi connectivity index (χ2n) is 3.83. The number of halogens is 2. The summed E-state index contributed by atoms with van der Waals surface area (Å²) in [7, 11) is 0. The molecule has 104 valence electrons. The van der Waals surface area contributed by atoms with Crippen molar-refractivity contribution in [2.45, 2.75) is 19.3 Å². The number of rotatable bonds is 6. The highest BCUT2D eigenvalue weighted by molar-refractivity contribution is 9.10. The average molecular weight is 350 g/mol. The molecule has 0 aliphatic heterocycles. The van der Waals surface area contributed by atoms with Gasteiger partial charge in [0.25, 0.3) is 0 Å². The lowest BCUT2D eigenvalue weighted by atomic mass is 10.2. The van der Waals surface area contributed by atoms with E-state index in [0.29, 0.717) is 34.6 Å². The molecule has 3 N–H and O–H groups in total. The summed E-state index contributed by atoms with van der Waals surface area (Å²) < 4.78 is 0.623. The van der Waals surface area contributed by atoms with Crippen LogP contribution in [0, 0.1) is 0 Å². The largest absolute Gasteiger partial charge is 0.481 e. The number of carbonyl (C=O) groups is 2. The normalized spacial score (nSPS) is 10.0. The van der Waals surface area contributed by atoms with Gasteiger partial charge in [0.1, 0.15) is 0 Å². The molecular formula is C12H14BrClN2O3. The van der Waals surface area contributed by atoms with Crippen LogP contribution in [-0.2, 0) is 4.79 Å². The number of carboxylic acid groups (broad SMARTS) is 1. The lowest BCUT2D eigenvalue weighted by Gasteiger charge is -2.09. The van der Waals surface area contributed by atoms with Gasteiger partial charge in [-0.3, -0.25) is 4.79 Å². The fourth-order valence-corrected chi connectivity index (χ4v) is 1.91. The highest BCUT2D eigenvalue weighted by atomic mass is 79.9. The van der Waals surface area contributed by atoms with Crippen molar-refractivity contribution in [3.8, 4) is 0 Å². The number of unbranched alkanes of at least 4 members (excludes halogenated alkanes) is 1. The molecule has 0 radical (unpaired) electrons. The first kappa shape index (κ1) is 15.8. The van der Waals surface area contributed by atoms with Crippen LogP contribution in [-0.4, -0.2) is 23.7 Å². The Bertz CT molecular complexity index is 468. The molecule has 0 saturated carbocycles. The van der Waals surface area contributed by atoms with Gasteiger partial charge in [-0.1, -0.05) is 17.7 Å². The maximum atomic E-state index is 11.6. The average Bonchev–Trinajstić information content (AvgIpc) is 2.34. The molecule has 19 heavy (non-hydrogen) atoms. The van der Waals surface area contributed by atoms with E-state index < -0.39 is 5.97 Å². The molecule has 0 bridgehead atoms. The summed E-state index contributed by atoms with van der Waals surface area (Å²) in [6.07, 6.45) is 1.27. The summed E-state index contributed by atoms with van der Waals surface area (Å²) in [5, 5.41) is 14.3. The van der Waals surface area contributed by atoms with Gasteiger partial charge in [-0.2, -0.15) is 0 Å². The second-order valence-corrected chi connectivity index (χ2v) is 5.03. The van der Waals surface area contributed by atoms with Crippen molar-refractivity contribution >= 4 is 45.2 Å². The number of urea groups is 1. The monoisotopic (exact) mass is 348 g/mol. The molecule has 0 aliphatic rings. The number of amides is 2. The van der Waals surface area contributed by atoms with Gasteiger partial charge in [0.2, 0.25) is 0 Å². The minimum Gasteiger partial charge on any atom is -0.481 e. The van der Waals surface area contributed by atoms with Gasteiger partial charge >= 0.3 is 12.0 Å². The smallest absolute Gasteiger partial charge is 0.319 e. The Morgan fingerprint density at radius 3 is 2.74 bits per heavy atom. The van der Waals surface area contributed by atoms with E-state index in [2.05, 4.69) is 26.6 Å². The lowest BCUT2D eigenvalue weighted by Crippen LogP contribution is -2.29. The number of aliphatic carboxylic acids is 1. The van der Waals surface area contributed by atoms with Gasteiger partial charge in [-0.05, 0) is 40.9 Å². The number of anilines is 1. The Kier molecular flexibility index (Phi) is 6.66. The fraction of sp³-hybridized carbons (Fsp3) is 0.333. The first-order valence-corrected chi connectivity index (χ1v) is 6.88. The number of hydrogen-bond donors (Lipinski definition) is 3. The van der Waals surface area contributed by atoms with E-state index in [9.17, 15) is 9.59 Å². The van der Waals surface area contributed by atoms with Gasteiger partial charge in [-0.15, -0.1) is 0 Å². The van der Waals surface area contributed by atoms with Crippen LogP contribution in [0.4, 0.5) is 10.5 Å². The quantitative estimate of drug-likeness (QED) is 0.688. The molecule has 0 atom stereocenters. The highest BCUT2D eigenvalue weighted by Gasteiger charge is 2.07. The van der Waals surface area contributed by atoms with Crippen LogP contribution in [0.25, 0.3) is 0 Å². The second kappa shape index (κ2) is 8.01. The third kappa shape index (κ3) is 5.94. The first-order valence-electron chi connectivity index (χ1n) is 5.71. The number of benzene rings is 1. The summed E-state index contributed by atoms with van der Waals surface area (Å²) in [5.41, 5.74) is 0.579. The molecule has 0 aliphatic carbocycles. The maximum absolute atomic E-state index is 11.6. The molecule has 2 amide bonds. The van der Waals surface area contributed by atoms with Crippen molar-refractivity contribution in [1.82, 2.24) is 5.32 Å². The number of hydrogen-bond acceptors (Lipinski definition) is 2. The van der Waals surface area contributed by atoms with Crippen molar-refractivity contribution in [3.05, 3.63) is 27.7 Å². The van der Waals surface area contributed by atoms with E-state index in [1.807, 2.05) is 0 Å². The van der Waals surface area contributed by atoms with Crippen LogP contribution in [0.3, 0.4) is 0 Å². The first-order chi connectivity index (χ1) is 9.00. The highest BCUT2D eigenvalue weighted by Crippen LogP contribution is 2.29. The van der Waals surface area contributed by atoms with Crippen LogP contribution in [0.1, 0.15) is 19.3 Å². The van der Waals surface area contributed by atoms with Crippen LogP contribution >= 0.6 is 27.5 Å². The van der Waals surface area contributed by atoms with E-state index >= 15 is 0 Å². The van der Waals surface area contributed by atoms with Gasteiger partial charge in [0.05, 0.1) is 15.2 Å². The summed E-state index contributed by atoms with van der Waals surface area (Å²) >= 11 is 9.18. The topological polar surface area (TPSA) is 78.4 Å². The van der Waals surface area contributed by atoms with Gasteiger partial charge in [-0.25, -0.2) is 4.79 Å². The Labute approximate surface area is 124 Å². The fourth-order valence-electron chi connectivity index (χ4n) is 1.37. The minimum atomic E-state index is -0.827. The Balaban J connectivity index is 2.31. The van der Waals surface area contributed by atoms with Crippen molar-refractivity contribution < 1.29 is 14.7 Å². The van der Waals surface area contributed by atoms with E-state index in [-0.39, 0.29) is 12.5 Å². The molecule has 0 spiro atoms. The molecule has 1 aromatic carbocycles. The van der Waals surface area contributed by atoms with E-state index in [1.165, 1.54) is 0 Å². The number of carbonyl (C=O) groups excluding carboxylic acids is 1. The Hall–Kier alpha value is -1.27. The molecule has 0 aromatic heterocycles. The van der Waals surface area contributed by atoms with Crippen molar-refractivity contribution in [2.24, 2.45) is 0 Å². The van der Waals surface area contributed by atoms with Crippen LogP contribution in [0.2, 0.25) is 5.02 Å². The predicted octanol–water partition coefficient (Wildman–Crippen LogP) is 3.48. The minimum absolute atomic E-state index is 0.114. The Morgan fingerprint density at radius 2 is 2.05 bits per heavy atom. The van der Waals surface area contributed by atoms with Crippen LogP contribution in [0.5, 0.6) is 0 Å². The molecule has 0 heterocycles. The molecule has 1 aromatic rings. The van der Waals surface area contributed by atoms with Gasteiger partial charge in [0.15, 0.2) is 0 Å². The third-order valence-electron chi connectivity index (χ3n) is 2.30. The molecule has 0 unspecified atom stereocenters. The van der Waals surface area contributed by atoms with E-state index in [4.69, 9.17) is 16.7 Å².